The minimum atomic E-state index is -0.430. The number of carbonyl (C=O) groups is 1. The number of nitrogens with one attached hydrogen (secondary N) is 1. The van der Waals surface area contributed by atoms with Gasteiger partial charge in [0, 0.05) is 6.04 Å². The normalized spacial score (nSPS) is 30.8. The second kappa shape index (κ2) is 8.16. The highest BCUT2D eigenvalue weighted by Crippen LogP contribution is 2.57. The molecule has 3 saturated carbocycles. The molecule has 0 aromatic carbocycles. The molecule has 0 spiro atoms. The summed E-state index contributed by atoms with van der Waals surface area (Å²) in [6.45, 7) is 4.68. The van der Waals surface area contributed by atoms with E-state index in [-0.39, 0.29) is 6.04 Å². The Morgan fingerprint density at radius 3 is 2.30 bits per heavy atom. The number of amides is 1. The number of hydrogen-bond donors (Lipinski definition) is 1. The number of anilines is 1. The van der Waals surface area contributed by atoms with Crippen LogP contribution in [0.15, 0.2) is 12.7 Å². The van der Waals surface area contributed by atoms with Crippen molar-refractivity contribution in [2.75, 3.05) is 11.9 Å². The van der Waals surface area contributed by atoms with E-state index in [1.165, 1.54) is 57.7 Å². The minimum Gasteiger partial charge on any atom is -0.449 e. The molecule has 2 heterocycles. The predicted molar refractivity (Wildman–Crippen MR) is 115 cm³/mol. The van der Waals surface area contributed by atoms with E-state index < -0.39 is 6.09 Å². The lowest BCUT2D eigenvalue weighted by atomic mass is 9.73. The summed E-state index contributed by atoms with van der Waals surface area (Å²) < 4.78 is 7.76. The number of ether oxygens (including phenoxy) is 1. The van der Waals surface area contributed by atoms with Gasteiger partial charge in [0.05, 0.1) is 12.9 Å². The maximum absolute atomic E-state index is 12.6. The van der Waals surface area contributed by atoms with Crippen molar-refractivity contribution in [2.45, 2.75) is 71.3 Å². The van der Waals surface area contributed by atoms with Crippen LogP contribution in [0.5, 0.6) is 0 Å². The smallest absolute Gasteiger partial charge is 0.412 e. The topological polar surface area (TPSA) is 81.9 Å². The Morgan fingerprint density at radius 2 is 1.67 bits per heavy atom. The molecule has 0 saturated heterocycles. The molecule has 0 radical (unpaired) electrons. The summed E-state index contributed by atoms with van der Waals surface area (Å²) in [5, 5.41) is 2.82. The Bertz CT molecular complexity index is 888. The van der Waals surface area contributed by atoms with Gasteiger partial charge in [-0.25, -0.2) is 19.7 Å². The third-order valence-corrected chi connectivity index (χ3v) is 7.94. The van der Waals surface area contributed by atoms with Crippen molar-refractivity contribution in [2.24, 2.45) is 29.6 Å². The summed E-state index contributed by atoms with van der Waals surface area (Å²) in [5.41, 5.74) is 1.32. The van der Waals surface area contributed by atoms with E-state index in [2.05, 4.69) is 34.1 Å². The molecule has 7 heteroatoms. The number of aromatic nitrogens is 4. The first kappa shape index (κ1) is 19.8. The molecule has 1 amide bonds. The number of fused-ring (bicyclic) bond motifs is 4. The Morgan fingerprint density at radius 1 is 1.03 bits per heavy atom. The lowest BCUT2D eigenvalue weighted by Crippen LogP contribution is -2.28. The first-order valence-electron chi connectivity index (χ1n) is 11.7. The SMILES string of the molecule is CC(C)n1cnc2c(NC(=O)OCC3C4CCCCC4C4CCCCC43)ncnc21. The molecule has 3 aliphatic carbocycles. The molecular weight excluding hydrogens is 378 g/mol. The molecular formula is C23H33N5O2. The van der Waals surface area contributed by atoms with Crippen LogP contribution in [-0.2, 0) is 4.74 Å². The van der Waals surface area contributed by atoms with E-state index in [1.807, 2.05) is 4.57 Å². The van der Waals surface area contributed by atoms with Crippen LogP contribution in [0.1, 0.15) is 71.3 Å². The zero-order valence-corrected chi connectivity index (χ0v) is 18.1. The molecule has 2 aromatic heterocycles. The molecule has 0 bridgehead atoms. The summed E-state index contributed by atoms with van der Waals surface area (Å²) in [6, 6.07) is 0.235. The quantitative estimate of drug-likeness (QED) is 0.748. The molecule has 3 aliphatic rings. The maximum Gasteiger partial charge on any atom is 0.412 e. The van der Waals surface area contributed by atoms with Crippen LogP contribution < -0.4 is 5.32 Å². The van der Waals surface area contributed by atoms with Gasteiger partial charge >= 0.3 is 6.09 Å². The summed E-state index contributed by atoms with van der Waals surface area (Å²) >= 11 is 0. The third kappa shape index (κ3) is 3.46. The fourth-order valence-corrected chi connectivity index (χ4v) is 6.69. The Balaban J connectivity index is 1.27. The van der Waals surface area contributed by atoms with Crippen molar-refractivity contribution in [3.63, 3.8) is 0 Å². The van der Waals surface area contributed by atoms with Gasteiger partial charge < -0.3 is 9.30 Å². The van der Waals surface area contributed by atoms with Crippen molar-refractivity contribution in [3.8, 4) is 0 Å². The molecule has 162 valence electrons. The summed E-state index contributed by atoms with van der Waals surface area (Å²) in [7, 11) is 0. The van der Waals surface area contributed by atoms with E-state index in [9.17, 15) is 4.79 Å². The van der Waals surface area contributed by atoms with Crippen molar-refractivity contribution in [1.82, 2.24) is 19.5 Å². The van der Waals surface area contributed by atoms with Gasteiger partial charge in [-0.1, -0.05) is 25.7 Å². The zero-order valence-electron chi connectivity index (χ0n) is 18.1. The lowest BCUT2D eigenvalue weighted by Gasteiger charge is -2.32. The second-order valence-electron chi connectivity index (χ2n) is 9.75. The van der Waals surface area contributed by atoms with Crippen LogP contribution in [-0.4, -0.2) is 32.2 Å². The molecule has 0 aliphatic heterocycles. The summed E-state index contributed by atoms with van der Waals surface area (Å²) in [5.74, 6) is 4.16. The van der Waals surface area contributed by atoms with E-state index in [1.54, 1.807) is 6.33 Å². The molecule has 7 nitrogen and oxygen atoms in total. The average molecular weight is 412 g/mol. The Labute approximate surface area is 178 Å². The fraction of sp³-hybridized carbons (Fsp3) is 0.739. The van der Waals surface area contributed by atoms with Crippen molar-refractivity contribution < 1.29 is 9.53 Å². The predicted octanol–water partition coefficient (Wildman–Crippen LogP) is 5.20. The van der Waals surface area contributed by atoms with E-state index >= 15 is 0 Å². The number of nitrogens with zero attached hydrogens (tertiary/aromatic N) is 4. The highest BCUT2D eigenvalue weighted by atomic mass is 16.5. The second-order valence-corrected chi connectivity index (χ2v) is 9.75. The van der Waals surface area contributed by atoms with Crippen LogP contribution in [0, 0.1) is 29.6 Å². The number of carbonyl (C=O) groups excluding carboxylic acids is 1. The largest absolute Gasteiger partial charge is 0.449 e. The van der Waals surface area contributed by atoms with E-state index in [0.29, 0.717) is 23.9 Å². The summed E-state index contributed by atoms with van der Waals surface area (Å²) in [4.78, 5) is 25.6. The highest BCUT2D eigenvalue weighted by molar-refractivity contribution is 5.93. The van der Waals surface area contributed by atoms with Crippen molar-refractivity contribution >= 4 is 23.1 Å². The van der Waals surface area contributed by atoms with Crippen LogP contribution in [0.4, 0.5) is 10.6 Å². The van der Waals surface area contributed by atoms with Crippen LogP contribution in [0.25, 0.3) is 11.2 Å². The van der Waals surface area contributed by atoms with Gasteiger partial charge in [-0.15, -0.1) is 0 Å². The van der Waals surface area contributed by atoms with Gasteiger partial charge in [-0.05, 0) is 69.1 Å². The van der Waals surface area contributed by atoms with Gasteiger partial charge in [0.2, 0.25) is 0 Å². The monoisotopic (exact) mass is 411 g/mol. The van der Waals surface area contributed by atoms with Gasteiger partial charge in [0.15, 0.2) is 17.0 Å². The molecule has 3 fully saturated rings. The van der Waals surface area contributed by atoms with Crippen molar-refractivity contribution in [1.29, 1.82) is 0 Å². The van der Waals surface area contributed by atoms with Gasteiger partial charge in [-0.2, -0.15) is 0 Å². The molecule has 4 atom stereocenters. The fourth-order valence-electron chi connectivity index (χ4n) is 6.69. The molecule has 2 aromatic rings. The molecule has 5 rings (SSSR count). The highest BCUT2D eigenvalue weighted by Gasteiger charge is 2.51. The van der Waals surface area contributed by atoms with Gasteiger partial charge in [0.25, 0.3) is 0 Å². The lowest BCUT2D eigenvalue weighted by molar-refractivity contribution is 0.0959. The van der Waals surface area contributed by atoms with Gasteiger partial charge in [-0.3, -0.25) is 5.32 Å². The minimum absolute atomic E-state index is 0.235. The van der Waals surface area contributed by atoms with E-state index in [4.69, 9.17) is 4.74 Å². The number of imidazole rings is 1. The van der Waals surface area contributed by atoms with Crippen LogP contribution >= 0.6 is 0 Å². The zero-order chi connectivity index (χ0) is 20.7. The number of rotatable bonds is 4. The average Bonchev–Trinajstić information content (AvgIpc) is 3.33. The van der Waals surface area contributed by atoms with Crippen LogP contribution in [0.2, 0.25) is 0 Å². The Hall–Kier alpha value is -2.18. The Kier molecular flexibility index (Phi) is 5.37. The molecule has 4 unspecified atom stereocenters. The molecule has 30 heavy (non-hydrogen) atoms. The van der Waals surface area contributed by atoms with Gasteiger partial charge in [0.1, 0.15) is 6.33 Å². The van der Waals surface area contributed by atoms with Crippen molar-refractivity contribution in [3.05, 3.63) is 12.7 Å². The first-order valence-corrected chi connectivity index (χ1v) is 11.7. The molecule has 1 N–H and O–H groups in total. The standard InChI is InChI=1S/C23H33N5O2/c1-14(2)28-13-26-20-21(24-12-25-22(20)28)27-23(29)30-11-19-17-9-5-3-7-15(17)16-8-4-6-10-18(16)19/h12-19H,3-11H2,1-2H3,(H,24,25,27,29). The van der Waals surface area contributed by atoms with E-state index in [0.717, 1.165) is 29.3 Å². The van der Waals surface area contributed by atoms with Crippen LogP contribution in [0.3, 0.4) is 0 Å². The third-order valence-electron chi connectivity index (χ3n) is 7.94. The maximum atomic E-state index is 12.6. The number of hydrogen-bond acceptors (Lipinski definition) is 5. The summed E-state index contributed by atoms with van der Waals surface area (Å²) in [6.07, 6.45) is 13.6. The first-order chi connectivity index (χ1) is 14.6.